The quantitative estimate of drug-likeness (QED) is 0.598. The van der Waals surface area contributed by atoms with Crippen LogP contribution in [0.15, 0.2) is 0 Å². The lowest BCUT2D eigenvalue weighted by molar-refractivity contribution is -0.145. The van der Waals surface area contributed by atoms with Crippen molar-refractivity contribution in [1.82, 2.24) is 4.90 Å². The third-order valence-corrected chi connectivity index (χ3v) is 3.27. The minimum Gasteiger partial charge on any atom is -0.382 e. The number of aliphatic hydroxyl groups is 1. The number of amides is 2. The summed E-state index contributed by atoms with van der Waals surface area (Å²) in [5, 5.41) is 9.93. The lowest BCUT2D eigenvalue weighted by Gasteiger charge is -2.28. The maximum Gasteiger partial charge on any atom is 0.253 e. The van der Waals surface area contributed by atoms with Gasteiger partial charge in [-0.1, -0.05) is 13.8 Å². The fourth-order valence-corrected chi connectivity index (χ4v) is 2.35. The van der Waals surface area contributed by atoms with E-state index in [-0.39, 0.29) is 0 Å². The fourth-order valence-electron chi connectivity index (χ4n) is 2.35. The zero-order chi connectivity index (χ0) is 13.9. The summed E-state index contributed by atoms with van der Waals surface area (Å²) in [7, 11) is 0. The first kappa shape index (κ1) is 14.9. The number of hydrogen-bond acceptors (Lipinski definition) is 4. The summed E-state index contributed by atoms with van der Waals surface area (Å²) in [5.41, 5.74) is 11.0. The number of aliphatic hydroxyl groups excluding tert-OH is 1. The van der Waals surface area contributed by atoms with E-state index in [9.17, 15) is 14.7 Å². The van der Waals surface area contributed by atoms with Crippen molar-refractivity contribution in [2.75, 3.05) is 6.54 Å². The number of hydrogen-bond donors (Lipinski definition) is 3. The van der Waals surface area contributed by atoms with Crippen LogP contribution in [0.5, 0.6) is 0 Å². The topological polar surface area (TPSA) is 110 Å². The largest absolute Gasteiger partial charge is 0.382 e. The molecular weight excluding hydrogens is 234 g/mol. The Kier molecular flexibility index (Phi) is 5.10. The number of likely N-dealkylation sites (tertiary alicyclic amines) is 1. The van der Waals surface area contributed by atoms with Gasteiger partial charge in [-0.3, -0.25) is 9.59 Å². The molecule has 6 heteroatoms. The number of nitrogens with zero attached hydrogens (tertiary/aromatic N) is 1. The second kappa shape index (κ2) is 6.15. The molecule has 3 atom stereocenters. The van der Waals surface area contributed by atoms with Crippen molar-refractivity contribution in [3.05, 3.63) is 0 Å². The van der Waals surface area contributed by atoms with Crippen LogP contribution < -0.4 is 11.5 Å². The Balaban J connectivity index is 2.65. The number of nitrogens with two attached hydrogens (primary N) is 2. The first-order chi connectivity index (χ1) is 8.34. The van der Waals surface area contributed by atoms with E-state index in [1.165, 1.54) is 4.90 Å². The highest BCUT2D eigenvalue weighted by molar-refractivity contribution is 5.89. The van der Waals surface area contributed by atoms with Gasteiger partial charge in [-0.2, -0.15) is 0 Å². The number of carbonyl (C=O) groups is 2. The zero-order valence-corrected chi connectivity index (χ0v) is 11.0. The van der Waals surface area contributed by atoms with Gasteiger partial charge in [-0.05, 0) is 25.2 Å². The maximum absolute atomic E-state index is 12.1. The minimum atomic E-state index is -1.26. The highest BCUT2D eigenvalue weighted by Gasteiger charge is 2.37. The molecule has 1 aliphatic heterocycles. The predicted octanol–water partition coefficient (Wildman–Crippen LogP) is -0.803. The first-order valence-electron chi connectivity index (χ1n) is 6.38. The van der Waals surface area contributed by atoms with Gasteiger partial charge in [0.05, 0.1) is 0 Å². The molecule has 1 heterocycles. The first-order valence-corrected chi connectivity index (χ1v) is 6.38. The molecule has 104 valence electrons. The molecule has 6 nitrogen and oxygen atoms in total. The Morgan fingerprint density at radius 2 is 2.06 bits per heavy atom. The molecular formula is C12H23N3O3. The molecule has 18 heavy (non-hydrogen) atoms. The molecule has 0 spiro atoms. The van der Waals surface area contributed by atoms with Crippen LogP contribution in [-0.2, 0) is 9.59 Å². The molecule has 1 saturated heterocycles. The lowest BCUT2D eigenvalue weighted by Crippen LogP contribution is -2.52. The molecule has 5 N–H and O–H groups in total. The Labute approximate surface area is 107 Å². The third kappa shape index (κ3) is 3.43. The zero-order valence-electron chi connectivity index (χ0n) is 11.0. The summed E-state index contributed by atoms with van der Waals surface area (Å²) in [6.07, 6.45) is 0.591. The van der Waals surface area contributed by atoms with Gasteiger partial charge in [-0.25, -0.2) is 0 Å². The molecule has 0 bridgehead atoms. The van der Waals surface area contributed by atoms with Gasteiger partial charge < -0.3 is 21.5 Å². The van der Waals surface area contributed by atoms with E-state index in [0.29, 0.717) is 25.3 Å². The van der Waals surface area contributed by atoms with Gasteiger partial charge in [0.25, 0.3) is 5.91 Å². The highest BCUT2D eigenvalue weighted by Crippen LogP contribution is 2.19. The van der Waals surface area contributed by atoms with E-state index in [4.69, 9.17) is 11.5 Å². The van der Waals surface area contributed by atoms with Crippen molar-refractivity contribution in [2.24, 2.45) is 17.4 Å². The predicted molar refractivity (Wildman–Crippen MR) is 67.4 cm³/mol. The van der Waals surface area contributed by atoms with Crippen LogP contribution in [0.2, 0.25) is 0 Å². The summed E-state index contributed by atoms with van der Waals surface area (Å²) in [6, 6.07) is -1.20. The number of primary amides is 1. The second-order valence-corrected chi connectivity index (χ2v) is 5.33. The third-order valence-electron chi connectivity index (χ3n) is 3.27. The average Bonchev–Trinajstić information content (AvgIpc) is 2.74. The van der Waals surface area contributed by atoms with Crippen LogP contribution in [0.4, 0.5) is 0 Å². The molecule has 0 saturated carbocycles. The summed E-state index contributed by atoms with van der Waals surface area (Å²) >= 11 is 0. The van der Waals surface area contributed by atoms with Gasteiger partial charge >= 0.3 is 0 Å². The van der Waals surface area contributed by atoms with E-state index in [2.05, 4.69) is 0 Å². The summed E-state index contributed by atoms with van der Waals surface area (Å²) in [5.74, 6) is -0.706. The normalized spacial score (nSPS) is 23.2. The van der Waals surface area contributed by atoms with Crippen molar-refractivity contribution in [3.63, 3.8) is 0 Å². The Hall–Kier alpha value is -1.14. The summed E-state index contributed by atoms with van der Waals surface area (Å²) < 4.78 is 0. The molecule has 0 radical (unpaired) electrons. The minimum absolute atomic E-state index is 0.299. The summed E-state index contributed by atoms with van der Waals surface area (Å²) in [6.45, 7) is 4.40. The van der Waals surface area contributed by atoms with Gasteiger partial charge in [0.2, 0.25) is 5.91 Å². The molecule has 0 aromatic heterocycles. The van der Waals surface area contributed by atoms with E-state index in [1.54, 1.807) is 0 Å². The molecule has 0 aromatic rings. The SMILES string of the molecule is CC(C)C[C@@H](N)[C@H](O)C(=O)N1CCC[C@H]1C(N)=O. The van der Waals surface area contributed by atoms with Gasteiger partial charge in [-0.15, -0.1) is 0 Å². The van der Waals surface area contributed by atoms with Gasteiger partial charge in [0.15, 0.2) is 0 Å². The van der Waals surface area contributed by atoms with Crippen molar-refractivity contribution in [1.29, 1.82) is 0 Å². The van der Waals surface area contributed by atoms with Crippen LogP contribution >= 0.6 is 0 Å². The summed E-state index contributed by atoms with van der Waals surface area (Å²) in [4.78, 5) is 24.6. The van der Waals surface area contributed by atoms with Gasteiger partial charge in [0, 0.05) is 12.6 Å². The second-order valence-electron chi connectivity index (χ2n) is 5.33. The molecule has 2 amide bonds. The Morgan fingerprint density at radius 1 is 1.44 bits per heavy atom. The standard InChI is InChI=1S/C12H23N3O3/c1-7(2)6-8(13)10(16)12(18)15-5-3-4-9(15)11(14)17/h7-10,16H,3-6,13H2,1-2H3,(H2,14,17)/t8-,9+,10+/m1/s1. The Bertz CT molecular complexity index is 320. The molecule has 1 fully saturated rings. The molecule has 0 unspecified atom stereocenters. The lowest BCUT2D eigenvalue weighted by atomic mass is 9.99. The smallest absolute Gasteiger partial charge is 0.253 e. The Morgan fingerprint density at radius 3 is 2.56 bits per heavy atom. The van der Waals surface area contributed by atoms with Crippen molar-refractivity contribution in [3.8, 4) is 0 Å². The monoisotopic (exact) mass is 257 g/mol. The average molecular weight is 257 g/mol. The number of rotatable bonds is 5. The van der Waals surface area contributed by atoms with Crippen LogP contribution in [0, 0.1) is 5.92 Å². The van der Waals surface area contributed by atoms with Crippen LogP contribution in [-0.4, -0.2) is 46.6 Å². The van der Waals surface area contributed by atoms with Gasteiger partial charge in [0.1, 0.15) is 12.1 Å². The van der Waals surface area contributed by atoms with Crippen molar-refractivity contribution >= 4 is 11.8 Å². The van der Waals surface area contributed by atoms with E-state index < -0.39 is 30.0 Å². The number of carbonyl (C=O) groups excluding carboxylic acids is 2. The van der Waals surface area contributed by atoms with Crippen LogP contribution in [0.1, 0.15) is 33.1 Å². The van der Waals surface area contributed by atoms with Crippen LogP contribution in [0.3, 0.4) is 0 Å². The molecule has 1 rings (SSSR count). The fraction of sp³-hybridized carbons (Fsp3) is 0.833. The maximum atomic E-state index is 12.1. The molecule has 0 aromatic carbocycles. The van der Waals surface area contributed by atoms with Crippen molar-refractivity contribution < 1.29 is 14.7 Å². The highest BCUT2D eigenvalue weighted by atomic mass is 16.3. The van der Waals surface area contributed by atoms with Crippen molar-refractivity contribution in [2.45, 2.75) is 51.3 Å². The molecule has 1 aliphatic rings. The van der Waals surface area contributed by atoms with E-state index in [0.717, 1.165) is 6.42 Å². The molecule has 0 aliphatic carbocycles. The van der Waals surface area contributed by atoms with Crippen LogP contribution in [0.25, 0.3) is 0 Å². The van der Waals surface area contributed by atoms with E-state index >= 15 is 0 Å². The van der Waals surface area contributed by atoms with E-state index in [1.807, 2.05) is 13.8 Å².